The molecule has 0 atom stereocenters. The molecule has 0 aliphatic heterocycles. The van der Waals surface area contributed by atoms with Crippen LogP contribution in [0.3, 0.4) is 0 Å². The van der Waals surface area contributed by atoms with Gasteiger partial charge >= 0.3 is 28.1 Å². The van der Waals surface area contributed by atoms with Crippen LogP contribution in [-0.4, -0.2) is 70.0 Å². The molecule has 1 aromatic heterocycles. The van der Waals surface area contributed by atoms with Gasteiger partial charge in [0, 0.05) is 37.3 Å². The van der Waals surface area contributed by atoms with Crippen molar-refractivity contribution >= 4 is 34.0 Å². The molecule has 0 bridgehead atoms. The monoisotopic (exact) mass is 469 g/mol. The predicted octanol–water partition coefficient (Wildman–Crippen LogP) is 0.933. The Hall–Kier alpha value is -3.71. The van der Waals surface area contributed by atoms with Crippen molar-refractivity contribution in [2.75, 3.05) is 13.6 Å². The summed E-state index contributed by atoms with van der Waals surface area (Å²) < 4.78 is 23.5. The Balaban J connectivity index is 0.000000920. The fourth-order valence-electron chi connectivity index (χ4n) is 2.45. The molecule has 0 aliphatic carbocycles. The Morgan fingerprint density at radius 1 is 1.00 bits per heavy atom. The summed E-state index contributed by atoms with van der Waals surface area (Å²) >= 11 is 0. The minimum absolute atomic E-state index is 0.0380. The van der Waals surface area contributed by atoms with E-state index in [1.54, 1.807) is 6.92 Å². The van der Waals surface area contributed by atoms with Gasteiger partial charge in [0.15, 0.2) is 5.69 Å². The highest BCUT2D eigenvalue weighted by molar-refractivity contribution is 7.87. The second-order valence-electron chi connectivity index (χ2n) is 6.42. The normalized spacial score (nSPS) is 10.6. The molecule has 2 rings (SSSR count). The number of carbonyl (C=O) groups excluding carboxylic acids is 1. The number of carboxylic acids is 3. The average Bonchev–Trinajstić information content (AvgIpc) is 3.18. The molecule has 1 aromatic carbocycles. The van der Waals surface area contributed by atoms with E-state index in [4.69, 9.17) is 15.4 Å². The number of hydrogen-bond acceptors (Lipinski definition) is 6. The molecule has 13 heteroatoms. The number of amides is 1. The summed E-state index contributed by atoms with van der Waals surface area (Å²) in [5.41, 5.74) is 0.249. The van der Waals surface area contributed by atoms with Gasteiger partial charge in [-0.3, -0.25) is 14.4 Å². The molecule has 12 nitrogen and oxygen atoms in total. The molecule has 0 aliphatic rings. The summed E-state index contributed by atoms with van der Waals surface area (Å²) in [7, 11) is -2.82. The van der Waals surface area contributed by atoms with Gasteiger partial charge in [-0.1, -0.05) is 19.1 Å². The van der Waals surface area contributed by atoms with Gasteiger partial charge in [-0.15, -0.1) is 0 Å². The second kappa shape index (κ2) is 11.1. The lowest BCUT2D eigenvalue weighted by Crippen LogP contribution is -2.28. The molecule has 174 valence electrons. The Bertz CT molecular complexity index is 1110. The molecule has 2 aromatic rings. The number of aromatic carboxylic acids is 1. The fourth-order valence-corrected chi connectivity index (χ4v) is 3.11. The number of nitrogens with zero attached hydrogens (tertiary/aromatic N) is 2. The fraction of sp³-hybridized carbons (Fsp3) is 0.263. The third-order valence-electron chi connectivity index (χ3n) is 4.08. The smallest absolute Gasteiger partial charge is 0.354 e. The minimum atomic E-state index is -4.28. The molecule has 0 spiro atoms. The van der Waals surface area contributed by atoms with E-state index in [0.717, 1.165) is 6.20 Å². The highest BCUT2D eigenvalue weighted by Gasteiger charge is 2.23. The van der Waals surface area contributed by atoms with Crippen molar-refractivity contribution in [2.45, 2.75) is 19.8 Å². The van der Waals surface area contributed by atoms with Crippen molar-refractivity contribution in [3.63, 3.8) is 0 Å². The highest BCUT2D eigenvalue weighted by atomic mass is 32.2. The first-order valence-electron chi connectivity index (χ1n) is 9.07. The predicted molar refractivity (Wildman–Crippen MR) is 112 cm³/mol. The van der Waals surface area contributed by atoms with Crippen molar-refractivity contribution in [1.29, 1.82) is 0 Å². The van der Waals surface area contributed by atoms with Gasteiger partial charge in [-0.05, 0) is 23.8 Å². The van der Waals surface area contributed by atoms with E-state index in [1.165, 1.54) is 42.3 Å². The molecule has 1 amide bonds. The van der Waals surface area contributed by atoms with Crippen LogP contribution in [0.5, 0.6) is 0 Å². The third kappa shape index (κ3) is 7.21. The second-order valence-corrected chi connectivity index (χ2v) is 7.84. The molecular weight excluding hydrogens is 446 g/mol. The summed E-state index contributed by atoms with van der Waals surface area (Å²) in [5, 5.41) is 30.7. The molecule has 0 saturated carbocycles. The van der Waals surface area contributed by atoms with E-state index in [0.29, 0.717) is 9.54 Å². The van der Waals surface area contributed by atoms with E-state index in [1.807, 2.05) is 0 Å². The van der Waals surface area contributed by atoms with Crippen LogP contribution >= 0.6 is 0 Å². The Morgan fingerprint density at radius 3 is 1.94 bits per heavy atom. The zero-order valence-corrected chi connectivity index (χ0v) is 18.1. The van der Waals surface area contributed by atoms with Gasteiger partial charge in [-0.2, -0.15) is 8.42 Å². The van der Waals surface area contributed by atoms with Crippen molar-refractivity contribution in [2.24, 2.45) is 5.14 Å². The number of carboxylic acid groups (broad SMARTS) is 3. The van der Waals surface area contributed by atoms with Crippen molar-refractivity contribution in [3.05, 3.63) is 47.8 Å². The zero-order valence-electron chi connectivity index (χ0n) is 17.3. The van der Waals surface area contributed by atoms with E-state index in [-0.39, 0.29) is 30.5 Å². The Kier molecular flexibility index (Phi) is 9.10. The van der Waals surface area contributed by atoms with Crippen LogP contribution in [0, 0.1) is 0 Å². The number of hydrogen-bond donors (Lipinski definition) is 4. The standard InChI is InChI=1S/C16H17N3O7S.C3H6O2/c1-18(8-7-13(20)21)15(22)11-4-2-10(3-5-11)12-6-9-19(27(17,25)26)14(12)16(23)24;1-2-3(4)5/h2-6,9H,7-8H2,1H3,(H,20,21)(H,23,24)(H2,17,25,26);2H2,1H3,(H,4,5). The van der Waals surface area contributed by atoms with Crippen LogP contribution in [0.15, 0.2) is 36.5 Å². The van der Waals surface area contributed by atoms with Gasteiger partial charge in [0.05, 0.1) is 6.42 Å². The van der Waals surface area contributed by atoms with Gasteiger partial charge in [-0.25, -0.2) is 13.9 Å². The number of nitrogens with two attached hydrogens (primary N) is 1. The van der Waals surface area contributed by atoms with Gasteiger partial charge < -0.3 is 20.2 Å². The molecule has 0 radical (unpaired) electrons. The number of aromatic nitrogens is 1. The molecule has 5 N–H and O–H groups in total. The van der Waals surface area contributed by atoms with Crippen molar-refractivity contribution in [1.82, 2.24) is 8.87 Å². The van der Waals surface area contributed by atoms with Crippen LogP contribution in [0.2, 0.25) is 0 Å². The van der Waals surface area contributed by atoms with Crippen LogP contribution in [0.25, 0.3) is 11.1 Å². The topological polar surface area (TPSA) is 197 Å². The van der Waals surface area contributed by atoms with E-state index >= 15 is 0 Å². The first kappa shape index (κ1) is 26.3. The van der Waals surface area contributed by atoms with Crippen molar-refractivity contribution in [3.8, 4) is 11.1 Å². The van der Waals surface area contributed by atoms with Crippen LogP contribution in [0.4, 0.5) is 0 Å². The lowest BCUT2D eigenvalue weighted by Gasteiger charge is -2.16. The zero-order chi connectivity index (χ0) is 24.6. The first-order chi connectivity index (χ1) is 14.8. The molecule has 1 heterocycles. The number of aliphatic carboxylic acids is 2. The van der Waals surface area contributed by atoms with Crippen LogP contribution in [0.1, 0.15) is 40.6 Å². The maximum atomic E-state index is 12.3. The molecular formula is C19H23N3O9S. The summed E-state index contributed by atoms with van der Waals surface area (Å²) in [6, 6.07) is 7.11. The van der Waals surface area contributed by atoms with Crippen LogP contribution < -0.4 is 5.14 Å². The minimum Gasteiger partial charge on any atom is -0.481 e. The molecule has 32 heavy (non-hydrogen) atoms. The van der Waals surface area contributed by atoms with E-state index < -0.39 is 39.7 Å². The van der Waals surface area contributed by atoms with Crippen molar-refractivity contribution < 1.29 is 42.9 Å². The molecule has 0 saturated heterocycles. The SMILES string of the molecule is CCC(=O)O.CN(CCC(=O)O)C(=O)c1ccc(-c2ccn(S(N)(=O)=O)c2C(=O)O)cc1. The largest absolute Gasteiger partial charge is 0.481 e. The third-order valence-corrected chi connectivity index (χ3v) is 4.93. The van der Waals surface area contributed by atoms with E-state index in [9.17, 15) is 32.7 Å². The van der Waals surface area contributed by atoms with Gasteiger partial charge in [0.2, 0.25) is 0 Å². The maximum absolute atomic E-state index is 12.3. The molecule has 0 fully saturated rings. The summed E-state index contributed by atoms with van der Waals surface area (Å²) in [5.74, 6) is -3.64. The Morgan fingerprint density at radius 2 is 1.53 bits per heavy atom. The average molecular weight is 469 g/mol. The number of carbonyl (C=O) groups is 4. The Labute approximate surface area is 183 Å². The molecule has 0 unspecified atom stereocenters. The maximum Gasteiger partial charge on any atom is 0.354 e. The lowest BCUT2D eigenvalue weighted by atomic mass is 10.0. The lowest BCUT2D eigenvalue weighted by molar-refractivity contribution is -0.137. The first-order valence-corrected chi connectivity index (χ1v) is 10.6. The number of rotatable bonds is 8. The van der Waals surface area contributed by atoms with Gasteiger partial charge in [0.1, 0.15) is 0 Å². The highest BCUT2D eigenvalue weighted by Crippen LogP contribution is 2.26. The number of benzene rings is 1. The summed E-state index contributed by atoms with van der Waals surface area (Å²) in [4.78, 5) is 44.9. The van der Waals surface area contributed by atoms with Gasteiger partial charge in [0.25, 0.3) is 5.91 Å². The summed E-state index contributed by atoms with van der Waals surface area (Å²) in [6.45, 7) is 1.64. The van der Waals surface area contributed by atoms with Crippen LogP contribution in [-0.2, 0) is 19.8 Å². The summed E-state index contributed by atoms with van der Waals surface area (Å²) in [6.07, 6.45) is 1.07. The van der Waals surface area contributed by atoms with E-state index in [2.05, 4.69) is 0 Å². The quantitative estimate of drug-likeness (QED) is 0.434.